The molecule has 1 aliphatic heterocycles. The number of sulfonamides is 1. The van der Waals surface area contributed by atoms with Gasteiger partial charge in [-0.1, -0.05) is 12.1 Å². The van der Waals surface area contributed by atoms with Gasteiger partial charge in [0.2, 0.25) is 15.9 Å². The molecule has 0 fully saturated rings. The Balaban J connectivity index is 1.42. The zero-order valence-corrected chi connectivity index (χ0v) is 20.8. The van der Waals surface area contributed by atoms with Crippen molar-refractivity contribution < 1.29 is 22.7 Å². The molecule has 0 bridgehead atoms. The van der Waals surface area contributed by atoms with Crippen molar-refractivity contribution in [2.75, 3.05) is 24.4 Å². The van der Waals surface area contributed by atoms with Crippen LogP contribution in [0.4, 0.5) is 11.4 Å². The molecule has 0 aromatic heterocycles. The number of benzene rings is 3. The molecule has 182 valence electrons. The molecular formula is C26H27N3O5S. The van der Waals surface area contributed by atoms with Crippen LogP contribution in [0.1, 0.15) is 35.3 Å². The van der Waals surface area contributed by atoms with Crippen LogP contribution >= 0.6 is 0 Å². The normalized spacial score (nSPS) is 14.5. The number of anilines is 2. The summed E-state index contributed by atoms with van der Waals surface area (Å²) in [7, 11) is -0.552. The van der Waals surface area contributed by atoms with Crippen molar-refractivity contribution in [3.8, 4) is 5.75 Å². The summed E-state index contributed by atoms with van der Waals surface area (Å²) >= 11 is 0. The smallest absolute Gasteiger partial charge is 0.255 e. The number of nitrogens with one attached hydrogen (secondary N) is 2. The van der Waals surface area contributed by atoms with E-state index in [4.69, 9.17) is 4.74 Å². The number of hydrogen-bond donors (Lipinski definition) is 2. The zero-order valence-electron chi connectivity index (χ0n) is 20.0. The fraction of sp³-hybridized carbons (Fsp3) is 0.231. The molecule has 8 nitrogen and oxygen atoms in total. The monoisotopic (exact) mass is 493 g/mol. The summed E-state index contributed by atoms with van der Waals surface area (Å²) in [5.41, 5.74) is 2.38. The zero-order chi connectivity index (χ0) is 25.4. The molecular weight excluding hydrogens is 466 g/mol. The van der Waals surface area contributed by atoms with Crippen LogP contribution in [-0.4, -0.2) is 34.4 Å². The number of carbonyl (C=O) groups excluding carboxylic acids is 2. The van der Waals surface area contributed by atoms with Gasteiger partial charge in [-0.15, -0.1) is 0 Å². The maximum absolute atomic E-state index is 12.9. The van der Waals surface area contributed by atoms with E-state index in [1.807, 2.05) is 0 Å². The molecule has 1 heterocycles. The number of carbonyl (C=O) groups is 2. The van der Waals surface area contributed by atoms with Gasteiger partial charge in [0.1, 0.15) is 5.75 Å². The standard InChI is InChI=1S/C26H27N3O5S/c1-26(2)22-15-21(13-14-23(22)29(3)25(26)31)35(32,33)27-16-17-5-7-18(8-6-17)24(30)28-19-9-11-20(34-4)12-10-19/h5-15,27H,16H2,1-4H3,(H,28,30). The van der Waals surface area contributed by atoms with Crippen molar-refractivity contribution in [3.63, 3.8) is 0 Å². The summed E-state index contributed by atoms with van der Waals surface area (Å²) in [6, 6.07) is 18.4. The highest BCUT2D eigenvalue weighted by Crippen LogP contribution is 2.41. The fourth-order valence-electron chi connectivity index (χ4n) is 4.03. The average Bonchev–Trinajstić information content (AvgIpc) is 3.03. The lowest BCUT2D eigenvalue weighted by atomic mass is 9.86. The summed E-state index contributed by atoms with van der Waals surface area (Å²) in [5, 5.41) is 2.81. The summed E-state index contributed by atoms with van der Waals surface area (Å²) in [4.78, 5) is 26.6. The van der Waals surface area contributed by atoms with Crippen LogP contribution in [0.2, 0.25) is 0 Å². The van der Waals surface area contributed by atoms with Gasteiger partial charge in [-0.3, -0.25) is 9.59 Å². The van der Waals surface area contributed by atoms with Crippen LogP contribution in [0.3, 0.4) is 0 Å². The van der Waals surface area contributed by atoms with Crippen LogP contribution in [0, 0.1) is 0 Å². The van der Waals surface area contributed by atoms with Crippen molar-refractivity contribution in [3.05, 3.63) is 83.4 Å². The number of amides is 2. The first-order valence-corrected chi connectivity index (χ1v) is 12.5. The van der Waals surface area contributed by atoms with Gasteiger partial charge in [0.05, 0.1) is 17.4 Å². The maximum Gasteiger partial charge on any atom is 0.255 e. The first-order valence-electron chi connectivity index (χ1n) is 11.0. The van der Waals surface area contributed by atoms with Crippen LogP contribution in [0.5, 0.6) is 5.75 Å². The van der Waals surface area contributed by atoms with Crippen molar-refractivity contribution in [1.29, 1.82) is 0 Å². The van der Waals surface area contributed by atoms with Gasteiger partial charge >= 0.3 is 0 Å². The minimum atomic E-state index is -3.81. The molecule has 0 saturated heterocycles. The minimum Gasteiger partial charge on any atom is -0.497 e. The highest BCUT2D eigenvalue weighted by Gasteiger charge is 2.42. The second-order valence-electron chi connectivity index (χ2n) is 8.87. The highest BCUT2D eigenvalue weighted by atomic mass is 32.2. The molecule has 0 saturated carbocycles. The van der Waals surface area contributed by atoms with E-state index in [0.29, 0.717) is 33.8 Å². The predicted octanol–water partition coefficient (Wildman–Crippen LogP) is 3.68. The number of ether oxygens (including phenoxy) is 1. The molecule has 0 aliphatic carbocycles. The third-order valence-corrected chi connectivity index (χ3v) is 7.58. The van der Waals surface area contributed by atoms with Crippen LogP contribution in [0.25, 0.3) is 0 Å². The highest BCUT2D eigenvalue weighted by molar-refractivity contribution is 7.89. The number of rotatable bonds is 7. The van der Waals surface area contributed by atoms with E-state index >= 15 is 0 Å². The molecule has 2 amide bonds. The predicted molar refractivity (Wildman–Crippen MR) is 134 cm³/mol. The molecule has 0 spiro atoms. The number of fused-ring (bicyclic) bond motifs is 1. The number of hydrogen-bond acceptors (Lipinski definition) is 5. The van der Waals surface area contributed by atoms with E-state index in [1.165, 1.54) is 6.07 Å². The Hall–Kier alpha value is -3.69. The molecule has 0 unspecified atom stereocenters. The third-order valence-electron chi connectivity index (χ3n) is 6.18. The second-order valence-corrected chi connectivity index (χ2v) is 10.6. The second kappa shape index (κ2) is 9.16. The molecule has 9 heteroatoms. The van der Waals surface area contributed by atoms with Crippen molar-refractivity contribution in [2.45, 2.75) is 30.7 Å². The Morgan fingerprint density at radius 2 is 1.66 bits per heavy atom. The van der Waals surface area contributed by atoms with Gasteiger partial charge in [0, 0.05) is 30.5 Å². The number of methoxy groups -OCH3 is 1. The molecule has 2 N–H and O–H groups in total. The molecule has 4 rings (SSSR count). The minimum absolute atomic E-state index is 0.0576. The number of likely N-dealkylation sites (N-methyl/N-ethyl adjacent to an activating group) is 1. The molecule has 3 aromatic carbocycles. The van der Waals surface area contributed by atoms with Crippen molar-refractivity contribution >= 4 is 33.2 Å². The van der Waals surface area contributed by atoms with E-state index in [9.17, 15) is 18.0 Å². The Labute approximate surface area is 205 Å². The maximum atomic E-state index is 12.9. The lowest BCUT2D eigenvalue weighted by Crippen LogP contribution is -2.33. The van der Waals surface area contributed by atoms with Crippen LogP contribution in [-0.2, 0) is 26.8 Å². The largest absolute Gasteiger partial charge is 0.497 e. The first kappa shape index (κ1) is 24.4. The first-order chi connectivity index (χ1) is 16.5. The van der Waals surface area contributed by atoms with Gasteiger partial charge in [0.25, 0.3) is 5.91 Å². The lowest BCUT2D eigenvalue weighted by molar-refractivity contribution is -0.121. The Bertz CT molecular complexity index is 1380. The Morgan fingerprint density at radius 1 is 1.00 bits per heavy atom. The quantitative estimate of drug-likeness (QED) is 0.523. The van der Waals surface area contributed by atoms with Crippen LogP contribution in [0.15, 0.2) is 71.6 Å². The van der Waals surface area contributed by atoms with E-state index in [2.05, 4.69) is 10.0 Å². The van der Waals surface area contributed by atoms with Gasteiger partial charge in [-0.05, 0) is 79.6 Å². The summed E-state index contributed by atoms with van der Waals surface area (Å²) in [6.07, 6.45) is 0. The Morgan fingerprint density at radius 3 is 2.29 bits per heavy atom. The van der Waals surface area contributed by atoms with Gasteiger partial charge in [-0.25, -0.2) is 13.1 Å². The summed E-state index contributed by atoms with van der Waals surface area (Å²) in [5.74, 6) is 0.341. The van der Waals surface area contributed by atoms with Gasteiger partial charge < -0.3 is 15.0 Å². The van der Waals surface area contributed by atoms with E-state index in [0.717, 1.165) is 0 Å². The fourth-order valence-corrected chi connectivity index (χ4v) is 5.08. The Kier molecular flexibility index (Phi) is 6.40. The van der Waals surface area contributed by atoms with Gasteiger partial charge in [-0.2, -0.15) is 0 Å². The molecule has 35 heavy (non-hydrogen) atoms. The summed E-state index contributed by atoms with van der Waals surface area (Å²) in [6.45, 7) is 3.63. The SMILES string of the molecule is COc1ccc(NC(=O)c2ccc(CNS(=O)(=O)c3ccc4c(c3)C(C)(C)C(=O)N4C)cc2)cc1. The van der Waals surface area contributed by atoms with Crippen molar-refractivity contribution in [2.24, 2.45) is 0 Å². The molecule has 3 aromatic rings. The topological polar surface area (TPSA) is 105 Å². The molecule has 1 aliphatic rings. The number of nitrogens with zero attached hydrogens (tertiary/aromatic N) is 1. The van der Waals surface area contributed by atoms with E-state index in [-0.39, 0.29) is 23.3 Å². The van der Waals surface area contributed by atoms with Crippen LogP contribution < -0.4 is 19.7 Å². The van der Waals surface area contributed by atoms with Crippen molar-refractivity contribution in [1.82, 2.24) is 4.72 Å². The van der Waals surface area contributed by atoms with E-state index < -0.39 is 15.4 Å². The van der Waals surface area contributed by atoms with E-state index in [1.54, 1.807) is 93.6 Å². The lowest BCUT2D eigenvalue weighted by Gasteiger charge is -2.17. The third kappa shape index (κ3) is 4.78. The summed E-state index contributed by atoms with van der Waals surface area (Å²) < 4.78 is 33.5. The van der Waals surface area contributed by atoms with Gasteiger partial charge in [0.15, 0.2) is 0 Å². The molecule has 0 radical (unpaired) electrons. The molecule has 0 atom stereocenters. The average molecular weight is 494 g/mol.